The van der Waals surface area contributed by atoms with E-state index in [0.717, 1.165) is 0 Å². The molecule has 1 N–H and O–H groups in total. The summed E-state index contributed by atoms with van der Waals surface area (Å²) in [6.07, 6.45) is 1.55. The molecular weight excluding hydrogens is 320 g/mol. The van der Waals surface area contributed by atoms with E-state index in [1.54, 1.807) is 25.3 Å². The number of nitrogens with zero attached hydrogens (tertiary/aromatic N) is 3. The fourth-order valence-corrected chi connectivity index (χ4v) is 2.96. The lowest BCUT2D eigenvalue weighted by molar-refractivity contribution is 0.821. The summed E-state index contributed by atoms with van der Waals surface area (Å²) in [5.41, 5.74) is 1.14. The summed E-state index contributed by atoms with van der Waals surface area (Å²) in [5.74, 6) is -0.727. The zero-order chi connectivity index (χ0) is 16.3. The van der Waals surface area contributed by atoms with E-state index in [1.807, 2.05) is 13.8 Å². The molecule has 0 amide bonds. The van der Waals surface area contributed by atoms with E-state index >= 15 is 0 Å². The van der Waals surface area contributed by atoms with Crippen molar-refractivity contribution < 1.29 is 0 Å². The van der Waals surface area contributed by atoms with Crippen molar-refractivity contribution >= 4 is 23.4 Å². The second-order valence-corrected chi connectivity index (χ2v) is 6.92. The lowest BCUT2D eigenvalue weighted by atomic mass is 9.96. The van der Waals surface area contributed by atoms with Crippen LogP contribution in [0.3, 0.4) is 0 Å². The van der Waals surface area contributed by atoms with Crippen LogP contribution in [0.1, 0.15) is 36.6 Å². The predicted molar refractivity (Wildman–Crippen MR) is 87.3 cm³/mol. The van der Waals surface area contributed by atoms with E-state index in [-0.39, 0.29) is 16.0 Å². The number of hydrogen-bond acceptors (Lipinski definition) is 5. The van der Waals surface area contributed by atoms with Crippen LogP contribution < -0.4 is 5.56 Å². The van der Waals surface area contributed by atoms with Gasteiger partial charge in [0.2, 0.25) is 0 Å². The van der Waals surface area contributed by atoms with Crippen molar-refractivity contribution in [1.82, 2.24) is 15.0 Å². The van der Waals surface area contributed by atoms with Crippen LogP contribution in [0.5, 0.6) is 0 Å². The number of thioether (sulfide) groups is 1. The molecule has 5 nitrogen and oxygen atoms in total. The first-order valence-electron chi connectivity index (χ1n) is 6.71. The van der Waals surface area contributed by atoms with Crippen molar-refractivity contribution in [2.75, 3.05) is 0 Å². The molecule has 0 radical (unpaired) electrons. The topological polar surface area (TPSA) is 82.4 Å². The number of aromatic nitrogens is 3. The van der Waals surface area contributed by atoms with Crippen molar-refractivity contribution in [2.24, 2.45) is 0 Å². The zero-order valence-electron chi connectivity index (χ0n) is 12.4. The Morgan fingerprint density at radius 2 is 2.18 bits per heavy atom. The maximum atomic E-state index is 12.1. The lowest BCUT2D eigenvalue weighted by Gasteiger charge is -2.14. The van der Waals surface area contributed by atoms with Crippen molar-refractivity contribution in [2.45, 2.75) is 37.1 Å². The number of nitriles is 1. The predicted octanol–water partition coefficient (Wildman–Crippen LogP) is 3.28. The molecule has 1 atom stereocenters. The molecule has 7 heteroatoms. The van der Waals surface area contributed by atoms with Gasteiger partial charge in [0, 0.05) is 22.6 Å². The Balaban J connectivity index is 2.59. The Hall–Kier alpha value is -1.84. The highest BCUT2D eigenvalue weighted by Crippen LogP contribution is 2.29. The molecule has 0 aliphatic carbocycles. The molecule has 1 unspecified atom stereocenters. The van der Waals surface area contributed by atoms with E-state index < -0.39 is 5.92 Å². The first-order valence-corrected chi connectivity index (χ1v) is 7.97. The molecule has 0 fully saturated rings. The molecule has 0 aromatic carbocycles. The number of pyridine rings is 1. The maximum absolute atomic E-state index is 12.1. The van der Waals surface area contributed by atoms with Crippen molar-refractivity contribution in [3.05, 3.63) is 50.7 Å². The average Bonchev–Trinajstić information content (AvgIpc) is 2.46. The van der Waals surface area contributed by atoms with Crippen LogP contribution in [0.2, 0.25) is 5.15 Å². The Bertz CT molecular complexity index is 782. The van der Waals surface area contributed by atoms with Gasteiger partial charge in [0.15, 0.2) is 5.16 Å². The van der Waals surface area contributed by atoms with Gasteiger partial charge in [-0.05, 0) is 13.0 Å². The van der Waals surface area contributed by atoms with Crippen LogP contribution in [-0.4, -0.2) is 20.2 Å². The van der Waals surface area contributed by atoms with Crippen molar-refractivity contribution in [1.29, 1.82) is 5.26 Å². The smallest absolute Gasteiger partial charge is 0.254 e. The first kappa shape index (κ1) is 16.5. The SMILES string of the molecule is Cc1c(C(C#N)c2cccnc2Cl)nc(SC(C)C)[nH]c1=O. The van der Waals surface area contributed by atoms with Gasteiger partial charge in [0.1, 0.15) is 11.1 Å². The van der Waals surface area contributed by atoms with Gasteiger partial charge in [0.25, 0.3) is 5.56 Å². The highest BCUT2D eigenvalue weighted by Gasteiger charge is 2.23. The third-order valence-electron chi connectivity index (χ3n) is 3.02. The van der Waals surface area contributed by atoms with E-state index in [9.17, 15) is 10.1 Å². The summed E-state index contributed by atoms with van der Waals surface area (Å²) < 4.78 is 0. The maximum Gasteiger partial charge on any atom is 0.254 e. The van der Waals surface area contributed by atoms with E-state index in [0.29, 0.717) is 22.0 Å². The number of rotatable bonds is 4. The molecule has 0 aliphatic rings. The van der Waals surface area contributed by atoms with E-state index in [4.69, 9.17) is 11.6 Å². The first-order chi connectivity index (χ1) is 10.4. The number of aromatic amines is 1. The Kier molecular flexibility index (Phi) is 5.22. The van der Waals surface area contributed by atoms with Crippen molar-refractivity contribution in [3.8, 4) is 6.07 Å². The zero-order valence-corrected chi connectivity index (χ0v) is 14.0. The summed E-state index contributed by atoms with van der Waals surface area (Å²) in [6, 6.07) is 5.60. The standard InChI is InChI=1S/C15H15ClN4OS/c1-8(2)22-15-19-12(9(3)14(21)20-15)11(7-17)10-5-4-6-18-13(10)16/h4-6,8,11H,1-3H3,(H,19,20,21). The molecular formula is C15H15ClN4OS. The van der Waals surface area contributed by atoms with Gasteiger partial charge in [0.05, 0.1) is 11.8 Å². The van der Waals surface area contributed by atoms with Gasteiger partial charge in [-0.25, -0.2) is 9.97 Å². The number of nitrogens with one attached hydrogen (secondary N) is 1. The normalized spacial score (nSPS) is 12.2. The highest BCUT2D eigenvalue weighted by atomic mass is 35.5. The lowest BCUT2D eigenvalue weighted by Crippen LogP contribution is -2.19. The Morgan fingerprint density at radius 1 is 1.45 bits per heavy atom. The molecule has 114 valence electrons. The van der Waals surface area contributed by atoms with Gasteiger partial charge >= 0.3 is 0 Å². The minimum Gasteiger partial charge on any atom is -0.301 e. The molecule has 2 rings (SSSR count). The van der Waals surface area contributed by atoms with Gasteiger partial charge in [-0.3, -0.25) is 4.79 Å². The molecule has 0 spiro atoms. The summed E-state index contributed by atoms with van der Waals surface area (Å²) in [4.78, 5) is 23.3. The van der Waals surface area contributed by atoms with Crippen molar-refractivity contribution in [3.63, 3.8) is 0 Å². The van der Waals surface area contributed by atoms with E-state index in [1.165, 1.54) is 11.8 Å². The minimum absolute atomic E-state index is 0.242. The molecule has 2 aromatic rings. The van der Waals surface area contributed by atoms with Crippen LogP contribution >= 0.6 is 23.4 Å². The highest BCUT2D eigenvalue weighted by molar-refractivity contribution is 7.99. The van der Waals surface area contributed by atoms with Crippen LogP contribution in [-0.2, 0) is 0 Å². The third kappa shape index (κ3) is 3.49. The fourth-order valence-electron chi connectivity index (χ4n) is 1.98. The summed E-state index contributed by atoms with van der Waals surface area (Å²) in [6.45, 7) is 5.66. The molecule has 0 aliphatic heterocycles. The monoisotopic (exact) mass is 334 g/mol. The molecule has 2 heterocycles. The van der Waals surface area contributed by atoms with E-state index in [2.05, 4.69) is 21.0 Å². The summed E-state index contributed by atoms with van der Waals surface area (Å²) >= 11 is 7.52. The molecule has 2 aromatic heterocycles. The van der Waals surface area contributed by atoms with Gasteiger partial charge in [-0.1, -0.05) is 43.3 Å². The van der Waals surface area contributed by atoms with Crippen LogP contribution in [0.4, 0.5) is 0 Å². The van der Waals surface area contributed by atoms with Gasteiger partial charge < -0.3 is 4.98 Å². The quantitative estimate of drug-likeness (QED) is 0.527. The van der Waals surface area contributed by atoms with Crippen LogP contribution in [0.15, 0.2) is 28.3 Å². The Labute approximate surface area is 137 Å². The third-order valence-corrected chi connectivity index (χ3v) is 4.22. The second kappa shape index (κ2) is 6.95. The number of halogens is 1. The van der Waals surface area contributed by atoms with Crippen LogP contribution in [0, 0.1) is 18.3 Å². The van der Waals surface area contributed by atoms with Gasteiger partial charge in [-0.15, -0.1) is 0 Å². The molecule has 0 saturated carbocycles. The number of hydrogen-bond donors (Lipinski definition) is 1. The summed E-state index contributed by atoms with van der Waals surface area (Å²) in [7, 11) is 0. The Morgan fingerprint density at radius 3 is 2.77 bits per heavy atom. The van der Waals surface area contributed by atoms with Gasteiger partial charge in [-0.2, -0.15) is 5.26 Å². The molecule has 22 heavy (non-hydrogen) atoms. The molecule has 0 bridgehead atoms. The fraction of sp³-hybridized carbons (Fsp3) is 0.333. The largest absolute Gasteiger partial charge is 0.301 e. The minimum atomic E-state index is -0.727. The second-order valence-electron chi connectivity index (χ2n) is 4.99. The summed E-state index contributed by atoms with van der Waals surface area (Å²) in [5, 5.41) is 10.6. The average molecular weight is 335 g/mol. The number of H-pyrrole nitrogens is 1. The van der Waals surface area contributed by atoms with Crippen LogP contribution in [0.25, 0.3) is 0 Å². The molecule has 0 saturated heterocycles.